The fourth-order valence-electron chi connectivity index (χ4n) is 3.77. The molecule has 0 bridgehead atoms. The van der Waals surface area contributed by atoms with Crippen LogP contribution in [0.1, 0.15) is 47.2 Å². The Labute approximate surface area is 188 Å². The van der Waals surface area contributed by atoms with Gasteiger partial charge in [-0.1, -0.05) is 20.8 Å². The first-order valence-electron chi connectivity index (χ1n) is 10.2. The number of halogens is 1. The third-order valence-electron chi connectivity index (χ3n) is 5.56. The van der Waals surface area contributed by atoms with Gasteiger partial charge in [0.15, 0.2) is 12.1 Å². The largest absolute Gasteiger partial charge is 0.364 e. The fourth-order valence-corrected chi connectivity index (χ4v) is 3.77. The van der Waals surface area contributed by atoms with Crippen molar-refractivity contribution in [3.05, 3.63) is 75.8 Å². The Bertz CT molecular complexity index is 1490. The number of fused-ring (bicyclic) bond motifs is 1. The topological polar surface area (TPSA) is 113 Å². The molecule has 1 amide bonds. The number of pyridine rings is 1. The van der Waals surface area contributed by atoms with Crippen LogP contribution >= 0.6 is 0 Å². The number of benzene rings is 1. The molecule has 0 aliphatic carbocycles. The number of aldehydes is 1. The lowest BCUT2D eigenvalue weighted by atomic mass is 9.86. The van der Waals surface area contributed by atoms with Crippen molar-refractivity contribution in [1.82, 2.24) is 19.3 Å². The van der Waals surface area contributed by atoms with Crippen LogP contribution in [0.25, 0.3) is 27.7 Å². The molecule has 0 aliphatic heterocycles. The summed E-state index contributed by atoms with van der Waals surface area (Å²) < 4.78 is 17.5. The molecular formula is C24H22FN5O3. The first-order chi connectivity index (χ1) is 15.5. The van der Waals surface area contributed by atoms with E-state index in [0.29, 0.717) is 22.8 Å². The first-order valence-corrected chi connectivity index (χ1v) is 10.2. The Morgan fingerprint density at radius 1 is 1.21 bits per heavy atom. The van der Waals surface area contributed by atoms with E-state index in [1.807, 2.05) is 20.8 Å². The van der Waals surface area contributed by atoms with Crippen molar-refractivity contribution >= 4 is 23.0 Å². The summed E-state index contributed by atoms with van der Waals surface area (Å²) >= 11 is 0. The number of nitrogens with two attached hydrogens (primary N) is 1. The second-order valence-electron chi connectivity index (χ2n) is 8.84. The molecule has 168 valence electrons. The summed E-state index contributed by atoms with van der Waals surface area (Å²) in [5.41, 5.74) is 6.35. The van der Waals surface area contributed by atoms with Gasteiger partial charge in [0, 0.05) is 30.4 Å². The Morgan fingerprint density at radius 3 is 2.55 bits per heavy atom. The molecule has 1 aromatic carbocycles. The van der Waals surface area contributed by atoms with Gasteiger partial charge in [0.1, 0.15) is 11.5 Å². The van der Waals surface area contributed by atoms with Gasteiger partial charge in [-0.3, -0.25) is 14.4 Å². The number of carbonyl (C=O) groups excluding carboxylic acids is 2. The Kier molecular flexibility index (Phi) is 5.20. The number of nitrogens with zero attached hydrogens (tertiary/aromatic N) is 4. The number of hydrogen-bond donors (Lipinski definition) is 1. The molecule has 0 saturated heterocycles. The van der Waals surface area contributed by atoms with Gasteiger partial charge in [-0.15, -0.1) is 0 Å². The van der Waals surface area contributed by atoms with Gasteiger partial charge >= 0.3 is 0 Å². The summed E-state index contributed by atoms with van der Waals surface area (Å²) in [7, 11) is 1.65. The van der Waals surface area contributed by atoms with E-state index < -0.39 is 17.3 Å². The third kappa shape index (κ3) is 3.71. The van der Waals surface area contributed by atoms with E-state index in [4.69, 9.17) is 5.73 Å². The van der Waals surface area contributed by atoms with E-state index in [2.05, 4.69) is 10.1 Å². The number of hydrogen-bond acceptors (Lipinski definition) is 5. The van der Waals surface area contributed by atoms with E-state index >= 15 is 4.39 Å². The summed E-state index contributed by atoms with van der Waals surface area (Å²) in [5, 5.41) is 4.39. The highest BCUT2D eigenvalue weighted by molar-refractivity contribution is 5.96. The molecule has 0 saturated carbocycles. The number of aromatic nitrogens is 4. The summed E-state index contributed by atoms with van der Waals surface area (Å²) in [5.74, 6) is -1.34. The van der Waals surface area contributed by atoms with Crippen molar-refractivity contribution in [2.24, 2.45) is 12.8 Å². The van der Waals surface area contributed by atoms with Gasteiger partial charge in [-0.2, -0.15) is 9.78 Å². The predicted molar refractivity (Wildman–Crippen MR) is 122 cm³/mol. The zero-order valence-corrected chi connectivity index (χ0v) is 18.6. The number of primary amides is 1. The molecule has 0 aliphatic rings. The standard InChI is InChI=1S/C24H22FN5O3/c1-24(2,3)15-7-13-10-28-30(23(33)20(13)18(25)9-15)22-17(12-31)16(5-6-27-22)14-8-19(21(26)32)29(4)11-14/h5-12H,1-4H3,(H2,26,32). The normalized spacial score (nSPS) is 11.7. The summed E-state index contributed by atoms with van der Waals surface area (Å²) in [6.07, 6.45) is 4.97. The zero-order valence-electron chi connectivity index (χ0n) is 18.6. The van der Waals surface area contributed by atoms with Gasteiger partial charge in [0.05, 0.1) is 17.1 Å². The molecule has 4 rings (SSSR count). The van der Waals surface area contributed by atoms with E-state index in [1.165, 1.54) is 23.0 Å². The molecule has 3 heterocycles. The Balaban J connectivity index is 1.95. The number of carbonyl (C=O) groups is 2. The van der Waals surface area contributed by atoms with Crippen LogP contribution in [0.4, 0.5) is 4.39 Å². The molecular weight excluding hydrogens is 425 g/mol. The van der Waals surface area contributed by atoms with Crippen LogP contribution in [0.15, 0.2) is 47.7 Å². The monoisotopic (exact) mass is 447 g/mol. The zero-order chi connectivity index (χ0) is 24.1. The van der Waals surface area contributed by atoms with Crippen LogP contribution in [0, 0.1) is 5.82 Å². The molecule has 9 heteroatoms. The average molecular weight is 447 g/mol. The highest BCUT2D eigenvalue weighted by atomic mass is 19.1. The quantitative estimate of drug-likeness (QED) is 0.483. The minimum atomic E-state index is -0.732. The second-order valence-corrected chi connectivity index (χ2v) is 8.84. The molecule has 0 spiro atoms. The van der Waals surface area contributed by atoms with Crippen LogP contribution in [-0.4, -0.2) is 31.5 Å². The van der Waals surface area contributed by atoms with Crippen LogP contribution < -0.4 is 11.3 Å². The summed E-state index contributed by atoms with van der Waals surface area (Å²) in [6.45, 7) is 5.84. The number of rotatable bonds is 4. The lowest BCUT2D eigenvalue weighted by Crippen LogP contribution is -2.24. The molecule has 4 aromatic rings. The van der Waals surface area contributed by atoms with Crippen molar-refractivity contribution in [3.8, 4) is 16.9 Å². The SMILES string of the molecule is Cn1cc(-c2ccnc(-n3ncc4cc(C(C)(C)C)cc(F)c4c3=O)c2C=O)cc1C(N)=O. The molecule has 0 unspecified atom stereocenters. The minimum Gasteiger partial charge on any atom is -0.364 e. The smallest absolute Gasteiger partial charge is 0.283 e. The molecule has 0 atom stereocenters. The van der Waals surface area contributed by atoms with Crippen LogP contribution in [0.5, 0.6) is 0 Å². The van der Waals surface area contributed by atoms with Crippen molar-refractivity contribution in [1.29, 1.82) is 0 Å². The van der Waals surface area contributed by atoms with Crippen molar-refractivity contribution in [2.45, 2.75) is 26.2 Å². The molecule has 0 radical (unpaired) electrons. The maximum atomic E-state index is 15.0. The number of amides is 1. The fraction of sp³-hybridized carbons (Fsp3) is 0.208. The molecule has 3 aromatic heterocycles. The minimum absolute atomic E-state index is 0.0434. The highest BCUT2D eigenvalue weighted by Gasteiger charge is 2.21. The Morgan fingerprint density at radius 2 is 1.94 bits per heavy atom. The molecule has 33 heavy (non-hydrogen) atoms. The van der Waals surface area contributed by atoms with Crippen molar-refractivity contribution < 1.29 is 14.0 Å². The summed E-state index contributed by atoms with van der Waals surface area (Å²) in [4.78, 5) is 41.1. The van der Waals surface area contributed by atoms with E-state index in [9.17, 15) is 14.4 Å². The second kappa shape index (κ2) is 7.77. The third-order valence-corrected chi connectivity index (χ3v) is 5.56. The average Bonchev–Trinajstić information content (AvgIpc) is 3.14. The maximum absolute atomic E-state index is 15.0. The van der Waals surface area contributed by atoms with Gasteiger partial charge in [-0.25, -0.2) is 9.37 Å². The molecule has 2 N–H and O–H groups in total. The number of aryl methyl sites for hydroxylation is 1. The van der Waals surface area contributed by atoms with Gasteiger partial charge < -0.3 is 10.3 Å². The lowest BCUT2D eigenvalue weighted by Gasteiger charge is -2.20. The van der Waals surface area contributed by atoms with Gasteiger partial charge in [-0.05, 0) is 40.8 Å². The van der Waals surface area contributed by atoms with Crippen molar-refractivity contribution in [2.75, 3.05) is 0 Å². The van der Waals surface area contributed by atoms with Crippen LogP contribution in [0.3, 0.4) is 0 Å². The predicted octanol–water partition coefficient (Wildman–Crippen LogP) is 3.13. The highest BCUT2D eigenvalue weighted by Crippen LogP contribution is 2.29. The van der Waals surface area contributed by atoms with Crippen LogP contribution in [-0.2, 0) is 12.5 Å². The maximum Gasteiger partial charge on any atom is 0.283 e. The molecule has 8 nitrogen and oxygen atoms in total. The summed E-state index contributed by atoms with van der Waals surface area (Å²) in [6, 6.07) is 6.19. The van der Waals surface area contributed by atoms with Gasteiger partial charge in [0.25, 0.3) is 11.5 Å². The van der Waals surface area contributed by atoms with E-state index in [1.54, 1.807) is 31.4 Å². The lowest BCUT2D eigenvalue weighted by molar-refractivity contribution is 0.0992. The first kappa shape index (κ1) is 22.1. The van der Waals surface area contributed by atoms with E-state index in [-0.39, 0.29) is 27.9 Å². The van der Waals surface area contributed by atoms with E-state index in [0.717, 1.165) is 10.2 Å². The van der Waals surface area contributed by atoms with Crippen LogP contribution in [0.2, 0.25) is 0 Å². The van der Waals surface area contributed by atoms with Gasteiger partial charge in [0.2, 0.25) is 0 Å². The Hall–Kier alpha value is -4.14. The molecule has 0 fully saturated rings. The van der Waals surface area contributed by atoms with Crippen molar-refractivity contribution in [3.63, 3.8) is 0 Å².